The minimum Gasteiger partial charge on any atom is -0.356 e. The van der Waals surface area contributed by atoms with Crippen LogP contribution in [0.4, 0.5) is 5.82 Å². The van der Waals surface area contributed by atoms with Crippen molar-refractivity contribution in [3.63, 3.8) is 0 Å². The van der Waals surface area contributed by atoms with Gasteiger partial charge in [0, 0.05) is 43.2 Å². The zero-order valence-electron chi connectivity index (χ0n) is 17.3. The fourth-order valence-electron chi connectivity index (χ4n) is 4.24. The first-order valence-electron chi connectivity index (χ1n) is 10.8. The Morgan fingerprint density at radius 1 is 1.04 bits per heavy atom. The molecule has 1 aliphatic carbocycles. The molecule has 2 aliphatic rings. The second-order valence-corrected chi connectivity index (χ2v) is 9.14. The van der Waals surface area contributed by atoms with Crippen LogP contribution in [0.5, 0.6) is 0 Å². The van der Waals surface area contributed by atoms with Crippen LogP contribution in [-0.4, -0.2) is 60.1 Å². The Hall–Kier alpha value is -0.850. The van der Waals surface area contributed by atoms with Gasteiger partial charge in [-0.25, -0.2) is 9.97 Å². The van der Waals surface area contributed by atoms with E-state index >= 15 is 0 Å². The Kier molecular flexibility index (Phi) is 8.22. The maximum Gasteiger partial charge on any atom is 0.149 e. The number of thioether (sulfide) groups is 1. The number of fused-ring (bicyclic) bond motifs is 1. The van der Waals surface area contributed by atoms with E-state index in [0.717, 1.165) is 50.6 Å². The van der Waals surface area contributed by atoms with Gasteiger partial charge in [0.1, 0.15) is 11.6 Å². The lowest BCUT2D eigenvalue weighted by Crippen LogP contribution is -2.33. The van der Waals surface area contributed by atoms with Crippen molar-refractivity contribution in [1.29, 1.82) is 0 Å². The summed E-state index contributed by atoms with van der Waals surface area (Å²) in [6.07, 6.45) is 13.4. The summed E-state index contributed by atoms with van der Waals surface area (Å²) in [5, 5.41) is 0. The number of rotatable bonds is 7. The summed E-state index contributed by atoms with van der Waals surface area (Å²) in [7, 11) is 2.15. The lowest BCUT2D eigenvalue weighted by molar-refractivity contribution is 0.326. The van der Waals surface area contributed by atoms with E-state index in [-0.39, 0.29) is 6.04 Å². The monoisotopic (exact) mass is 391 g/mol. The van der Waals surface area contributed by atoms with E-state index in [0.29, 0.717) is 0 Å². The number of anilines is 1. The van der Waals surface area contributed by atoms with Crippen molar-refractivity contribution in [1.82, 2.24) is 14.9 Å². The molecule has 152 valence electrons. The third-order valence-electron chi connectivity index (χ3n) is 5.85. The molecule has 0 spiro atoms. The van der Waals surface area contributed by atoms with Crippen molar-refractivity contribution in [3.05, 3.63) is 17.1 Å². The first kappa shape index (κ1) is 20.9. The van der Waals surface area contributed by atoms with Crippen LogP contribution in [0.1, 0.15) is 68.1 Å². The molecule has 1 aromatic heterocycles. The molecule has 6 heteroatoms. The Morgan fingerprint density at radius 3 is 2.48 bits per heavy atom. The van der Waals surface area contributed by atoms with Crippen LogP contribution < -0.4 is 10.6 Å². The van der Waals surface area contributed by atoms with Crippen LogP contribution in [-0.2, 0) is 12.8 Å². The van der Waals surface area contributed by atoms with Crippen LogP contribution in [0.2, 0.25) is 0 Å². The summed E-state index contributed by atoms with van der Waals surface area (Å²) in [6, 6.07) is -0.115. The predicted octanol–water partition coefficient (Wildman–Crippen LogP) is 3.42. The number of aromatic nitrogens is 2. The van der Waals surface area contributed by atoms with E-state index in [1.54, 1.807) is 0 Å². The molecule has 0 radical (unpaired) electrons. The van der Waals surface area contributed by atoms with Gasteiger partial charge in [0.05, 0.1) is 6.04 Å². The van der Waals surface area contributed by atoms with Gasteiger partial charge in [0.2, 0.25) is 0 Å². The Bertz CT molecular complexity index is 586. The van der Waals surface area contributed by atoms with Crippen molar-refractivity contribution in [2.45, 2.75) is 63.8 Å². The zero-order chi connectivity index (χ0) is 19.1. The highest BCUT2D eigenvalue weighted by molar-refractivity contribution is 7.98. The first-order valence-corrected chi connectivity index (χ1v) is 12.2. The minimum atomic E-state index is -0.115. The number of aryl methyl sites for hydroxylation is 1. The van der Waals surface area contributed by atoms with E-state index in [4.69, 9.17) is 15.7 Å². The average Bonchev–Trinajstić information content (AvgIpc) is 3.08. The van der Waals surface area contributed by atoms with Crippen molar-refractivity contribution in [3.8, 4) is 0 Å². The van der Waals surface area contributed by atoms with Crippen molar-refractivity contribution in [2.75, 3.05) is 50.1 Å². The van der Waals surface area contributed by atoms with Gasteiger partial charge in [0.15, 0.2) is 0 Å². The summed E-state index contributed by atoms with van der Waals surface area (Å²) < 4.78 is 0. The van der Waals surface area contributed by atoms with Gasteiger partial charge in [-0.1, -0.05) is 19.3 Å². The third-order valence-corrected chi connectivity index (χ3v) is 6.44. The summed E-state index contributed by atoms with van der Waals surface area (Å²) >= 11 is 1.88. The van der Waals surface area contributed by atoms with Gasteiger partial charge < -0.3 is 15.5 Å². The molecule has 0 amide bonds. The third kappa shape index (κ3) is 5.81. The molecule has 0 saturated carbocycles. The molecule has 2 N–H and O–H groups in total. The molecule has 3 rings (SSSR count). The fourth-order valence-corrected chi connectivity index (χ4v) is 4.73. The quantitative estimate of drug-likeness (QED) is 0.719. The molecule has 1 saturated heterocycles. The van der Waals surface area contributed by atoms with Crippen LogP contribution in [0.15, 0.2) is 0 Å². The second-order valence-electron chi connectivity index (χ2n) is 8.15. The highest BCUT2D eigenvalue weighted by Crippen LogP contribution is 2.30. The van der Waals surface area contributed by atoms with E-state index < -0.39 is 0 Å². The molecule has 5 nitrogen and oxygen atoms in total. The van der Waals surface area contributed by atoms with Gasteiger partial charge in [-0.2, -0.15) is 11.8 Å². The lowest BCUT2D eigenvalue weighted by atomic mass is 10.1. The van der Waals surface area contributed by atoms with Crippen LogP contribution in [0.25, 0.3) is 0 Å². The van der Waals surface area contributed by atoms with Crippen LogP contribution >= 0.6 is 11.8 Å². The van der Waals surface area contributed by atoms with Crippen LogP contribution in [0.3, 0.4) is 0 Å². The topological polar surface area (TPSA) is 58.3 Å². The van der Waals surface area contributed by atoms with Gasteiger partial charge in [-0.15, -0.1) is 0 Å². The summed E-state index contributed by atoms with van der Waals surface area (Å²) in [5.74, 6) is 3.19. The van der Waals surface area contributed by atoms with Crippen LogP contribution in [0, 0.1) is 0 Å². The molecule has 27 heavy (non-hydrogen) atoms. The Morgan fingerprint density at radius 2 is 1.74 bits per heavy atom. The Labute approximate surface area is 169 Å². The van der Waals surface area contributed by atoms with E-state index in [9.17, 15) is 0 Å². The summed E-state index contributed by atoms with van der Waals surface area (Å²) in [5.41, 5.74) is 9.27. The molecule has 2 heterocycles. The molecule has 1 aromatic rings. The maximum absolute atomic E-state index is 6.58. The second kappa shape index (κ2) is 10.6. The van der Waals surface area contributed by atoms with E-state index in [2.05, 4.69) is 23.1 Å². The van der Waals surface area contributed by atoms with Gasteiger partial charge in [0.25, 0.3) is 0 Å². The molecule has 1 unspecified atom stereocenters. The first-order chi connectivity index (χ1) is 13.2. The number of hydrogen-bond acceptors (Lipinski definition) is 6. The smallest absolute Gasteiger partial charge is 0.149 e. The minimum absolute atomic E-state index is 0.115. The number of nitrogens with two attached hydrogens (primary N) is 1. The molecular formula is C21H37N5S. The predicted molar refractivity (Wildman–Crippen MR) is 117 cm³/mol. The van der Waals surface area contributed by atoms with Crippen molar-refractivity contribution in [2.24, 2.45) is 5.73 Å². The van der Waals surface area contributed by atoms with E-state index in [1.807, 2.05) is 11.8 Å². The number of likely N-dealkylation sites (N-methyl/N-ethyl adjacent to an activating group) is 1. The summed E-state index contributed by atoms with van der Waals surface area (Å²) in [6.45, 7) is 4.13. The normalized spacial score (nSPS) is 19.5. The zero-order valence-corrected chi connectivity index (χ0v) is 18.1. The van der Waals surface area contributed by atoms with Crippen molar-refractivity contribution < 1.29 is 0 Å². The molecule has 1 aliphatic heterocycles. The molecule has 1 fully saturated rings. The number of nitrogens with zero attached hydrogens (tertiary/aromatic N) is 4. The van der Waals surface area contributed by atoms with Crippen molar-refractivity contribution >= 4 is 17.6 Å². The fraction of sp³-hybridized carbons (Fsp3) is 0.810. The lowest BCUT2D eigenvalue weighted by Gasteiger charge is -2.27. The van der Waals surface area contributed by atoms with Gasteiger partial charge in [-0.3, -0.25) is 0 Å². The van der Waals surface area contributed by atoms with Gasteiger partial charge in [-0.05, 0) is 51.8 Å². The maximum atomic E-state index is 6.58. The molecule has 1 atom stereocenters. The SMILES string of the molecule is CSCCN(C)CC(N)c1nc2c(c(N3CCCCCC3)n1)CCCCC2. The highest BCUT2D eigenvalue weighted by Gasteiger charge is 2.24. The highest BCUT2D eigenvalue weighted by atomic mass is 32.2. The van der Waals surface area contributed by atoms with Gasteiger partial charge >= 0.3 is 0 Å². The number of hydrogen-bond donors (Lipinski definition) is 1. The molecule has 0 bridgehead atoms. The standard InChI is InChI=1S/C21H37N5S/c1-25(14-15-27-2)16-18(22)20-23-19-11-7-5-6-10-17(19)21(24-20)26-12-8-3-4-9-13-26/h18H,3-16,22H2,1-2H3. The average molecular weight is 392 g/mol. The molecule has 0 aromatic carbocycles. The summed E-state index contributed by atoms with van der Waals surface area (Å²) in [4.78, 5) is 14.9. The largest absolute Gasteiger partial charge is 0.356 e. The van der Waals surface area contributed by atoms with E-state index in [1.165, 1.54) is 62.0 Å². The molecular weight excluding hydrogens is 354 g/mol. The Balaban J connectivity index is 1.85.